The second-order valence-electron chi connectivity index (χ2n) is 8.66. The zero-order valence-electron chi connectivity index (χ0n) is 18.5. The Morgan fingerprint density at radius 1 is 1.09 bits per heavy atom. The SMILES string of the molecule is COc1cc2c(c(OC)c1)C1[C@H]3CCC[C@@H](C(=O)N1CC2)N3C(=O)C(=O)c1ccccc1Cl. The number of fused-ring (bicyclic) bond motifs is 6. The van der Waals surface area contributed by atoms with Crippen LogP contribution in [0.5, 0.6) is 11.5 Å². The summed E-state index contributed by atoms with van der Waals surface area (Å²) in [5.41, 5.74) is 2.09. The summed E-state index contributed by atoms with van der Waals surface area (Å²) in [4.78, 5) is 43.7. The number of rotatable bonds is 4. The largest absolute Gasteiger partial charge is 0.497 e. The van der Waals surface area contributed by atoms with Gasteiger partial charge in [-0.2, -0.15) is 0 Å². The normalized spacial score (nSPS) is 23.5. The number of hydrogen-bond acceptors (Lipinski definition) is 5. The van der Waals surface area contributed by atoms with Crippen molar-refractivity contribution >= 4 is 29.2 Å². The molecule has 172 valence electrons. The molecular formula is C25H25ClN2O5. The molecule has 2 bridgehead atoms. The Morgan fingerprint density at radius 3 is 2.61 bits per heavy atom. The molecule has 5 rings (SSSR count). The zero-order valence-corrected chi connectivity index (χ0v) is 19.3. The zero-order chi connectivity index (χ0) is 23.3. The molecule has 8 heteroatoms. The van der Waals surface area contributed by atoms with Gasteiger partial charge in [0.1, 0.15) is 17.5 Å². The highest BCUT2D eigenvalue weighted by Gasteiger charge is 2.54. The van der Waals surface area contributed by atoms with E-state index in [2.05, 4.69) is 0 Å². The molecular weight excluding hydrogens is 444 g/mol. The molecule has 0 saturated carbocycles. The van der Waals surface area contributed by atoms with Gasteiger partial charge >= 0.3 is 0 Å². The summed E-state index contributed by atoms with van der Waals surface area (Å²) in [6.07, 6.45) is 2.73. The second kappa shape index (κ2) is 8.37. The van der Waals surface area contributed by atoms with Gasteiger partial charge in [-0.15, -0.1) is 0 Å². The van der Waals surface area contributed by atoms with E-state index >= 15 is 0 Å². The van der Waals surface area contributed by atoms with E-state index in [0.717, 1.165) is 17.5 Å². The average molecular weight is 469 g/mol. The number of halogens is 1. The summed E-state index contributed by atoms with van der Waals surface area (Å²) in [6, 6.07) is 8.96. The minimum Gasteiger partial charge on any atom is -0.497 e. The lowest BCUT2D eigenvalue weighted by atomic mass is 9.78. The standard InChI is InChI=1S/C25H25ClN2O5/c1-32-15-12-14-10-11-27-22(21(14)20(13-15)33-2)18-8-5-9-19(24(27)30)28(18)25(31)23(29)16-6-3-4-7-17(16)26/h3-4,6-7,12-13,18-19,22H,5,8-11H2,1-2H3/t18-,19+,22?/m1/s1. The lowest BCUT2D eigenvalue weighted by Crippen LogP contribution is -2.68. The van der Waals surface area contributed by atoms with Crippen LogP contribution in [-0.2, 0) is 16.0 Å². The van der Waals surface area contributed by atoms with Gasteiger partial charge in [0.15, 0.2) is 0 Å². The first-order valence-electron chi connectivity index (χ1n) is 11.1. The Hall–Kier alpha value is -3.06. The van der Waals surface area contributed by atoms with Crippen LogP contribution in [0.4, 0.5) is 0 Å². The number of amides is 2. The van der Waals surface area contributed by atoms with Crippen LogP contribution in [0.1, 0.15) is 46.8 Å². The van der Waals surface area contributed by atoms with Gasteiger partial charge in [0.05, 0.1) is 31.3 Å². The summed E-state index contributed by atoms with van der Waals surface area (Å²) in [5.74, 6) is -0.160. The van der Waals surface area contributed by atoms with Gasteiger partial charge < -0.3 is 19.3 Å². The van der Waals surface area contributed by atoms with E-state index < -0.39 is 17.7 Å². The molecule has 0 spiro atoms. The first kappa shape index (κ1) is 21.8. The van der Waals surface area contributed by atoms with Crippen molar-refractivity contribution in [3.63, 3.8) is 0 Å². The van der Waals surface area contributed by atoms with E-state index in [9.17, 15) is 14.4 Å². The lowest BCUT2D eigenvalue weighted by Gasteiger charge is -2.55. The van der Waals surface area contributed by atoms with E-state index in [1.165, 1.54) is 4.90 Å². The van der Waals surface area contributed by atoms with Crippen LogP contribution in [0.15, 0.2) is 36.4 Å². The van der Waals surface area contributed by atoms with Crippen molar-refractivity contribution in [2.45, 2.75) is 43.8 Å². The third-order valence-electron chi connectivity index (χ3n) is 7.06. The minimum atomic E-state index is -0.684. The van der Waals surface area contributed by atoms with Gasteiger partial charge in [0.25, 0.3) is 11.7 Å². The second-order valence-corrected chi connectivity index (χ2v) is 9.07. The molecule has 1 unspecified atom stereocenters. The van der Waals surface area contributed by atoms with Gasteiger partial charge in [-0.1, -0.05) is 23.7 Å². The van der Waals surface area contributed by atoms with E-state index in [0.29, 0.717) is 37.3 Å². The number of carbonyl (C=O) groups excluding carboxylic acids is 3. The molecule has 2 aromatic carbocycles. The van der Waals surface area contributed by atoms with Crippen molar-refractivity contribution in [3.05, 3.63) is 58.1 Å². The number of ether oxygens (including phenoxy) is 2. The van der Waals surface area contributed by atoms with Crippen molar-refractivity contribution in [2.75, 3.05) is 20.8 Å². The summed E-state index contributed by atoms with van der Waals surface area (Å²) in [6.45, 7) is 0.556. The summed E-state index contributed by atoms with van der Waals surface area (Å²) in [7, 11) is 3.19. The van der Waals surface area contributed by atoms with Crippen molar-refractivity contribution in [2.24, 2.45) is 0 Å². The Morgan fingerprint density at radius 2 is 1.88 bits per heavy atom. The number of ketones is 1. The maximum Gasteiger partial charge on any atom is 0.296 e. The molecule has 3 heterocycles. The summed E-state index contributed by atoms with van der Waals surface area (Å²) >= 11 is 6.20. The molecule has 2 aromatic rings. The van der Waals surface area contributed by atoms with E-state index in [-0.39, 0.29) is 28.6 Å². The monoisotopic (exact) mass is 468 g/mol. The van der Waals surface area contributed by atoms with Gasteiger partial charge in [-0.05, 0) is 49.4 Å². The lowest BCUT2D eigenvalue weighted by molar-refractivity contribution is -0.164. The molecule has 2 saturated heterocycles. The maximum absolute atomic E-state index is 13.6. The third-order valence-corrected chi connectivity index (χ3v) is 7.39. The van der Waals surface area contributed by atoms with E-state index in [1.807, 2.05) is 17.0 Å². The Labute approximate surface area is 197 Å². The number of hydrogen-bond donors (Lipinski definition) is 0. The molecule has 33 heavy (non-hydrogen) atoms. The molecule has 3 atom stereocenters. The maximum atomic E-state index is 13.6. The highest BCUT2D eigenvalue weighted by atomic mass is 35.5. The van der Waals surface area contributed by atoms with Crippen LogP contribution in [-0.4, -0.2) is 60.2 Å². The molecule has 3 aliphatic rings. The average Bonchev–Trinajstić information content (AvgIpc) is 2.85. The summed E-state index contributed by atoms with van der Waals surface area (Å²) < 4.78 is 11.1. The molecule has 3 aliphatic heterocycles. The van der Waals surface area contributed by atoms with Crippen molar-refractivity contribution < 1.29 is 23.9 Å². The molecule has 2 amide bonds. The summed E-state index contributed by atoms with van der Waals surface area (Å²) in [5, 5.41) is 0.225. The quantitative estimate of drug-likeness (QED) is 0.507. The third kappa shape index (κ3) is 3.37. The molecule has 2 fully saturated rings. The van der Waals surface area contributed by atoms with Gasteiger partial charge in [0, 0.05) is 23.7 Å². The van der Waals surface area contributed by atoms with Crippen LogP contribution in [0.25, 0.3) is 0 Å². The number of methoxy groups -OCH3 is 2. The highest BCUT2D eigenvalue weighted by Crippen LogP contribution is 2.48. The molecule has 0 N–H and O–H groups in total. The Kier molecular flexibility index (Phi) is 5.52. The van der Waals surface area contributed by atoms with Crippen molar-refractivity contribution in [1.29, 1.82) is 0 Å². The highest BCUT2D eigenvalue weighted by molar-refractivity contribution is 6.47. The van der Waals surface area contributed by atoms with Crippen molar-refractivity contribution in [1.82, 2.24) is 9.80 Å². The number of carbonyl (C=O) groups is 3. The van der Waals surface area contributed by atoms with Crippen LogP contribution in [0.3, 0.4) is 0 Å². The minimum absolute atomic E-state index is 0.111. The molecule has 0 aromatic heterocycles. The van der Waals surface area contributed by atoms with Gasteiger partial charge in [-0.3, -0.25) is 14.4 Å². The van der Waals surface area contributed by atoms with Crippen molar-refractivity contribution in [3.8, 4) is 11.5 Å². The van der Waals surface area contributed by atoms with Gasteiger partial charge in [0.2, 0.25) is 5.91 Å². The van der Waals surface area contributed by atoms with Crippen LogP contribution >= 0.6 is 11.6 Å². The van der Waals surface area contributed by atoms with Crippen LogP contribution in [0, 0.1) is 0 Å². The van der Waals surface area contributed by atoms with Crippen LogP contribution < -0.4 is 9.47 Å². The Balaban J connectivity index is 1.59. The Bertz CT molecular complexity index is 1130. The molecule has 0 radical (unpaired) electrons. The fourth-order valence-electron chi connectivity index (χ4n) is 5.61. The predicted octanol–water partition coefficient (Wildman–Crippen LogP) is 3.43. The van der Waals surface area contributed by atoms with E-state index in [1.54, 1.807) is 38.5 Å². The fraction of sp³-hybridized carbons (Fsp3) is 0.400. The predicted molar refractivity (Wildman–Crippen MR) is 122 cm³/mol. The number of piperidine rings is 1. The van der Waals surface area contributed by atoms with Crippen LogP contribution in [0.2, 0.25) is 5.02 Å². The topological polar surface area (TPSA) is 76.2 Å². The molecule has 0 aliphatic carbocycles. The number of piperazine rings is 1. The first-order valence-corrected chi connectivity index (χ1v) is 11.5. The smallest absolute Gasteiger partial charge is 0.296 e. The number of nitrogens with zero attached hydrogens (tertiary/aromatic N) is 2. The number of benzene rings is 2. The number of Topliss-reactive ketones (excluding diaryl/α,β-unsaturated/α-hetero) is 1. The first-order chi connectivity index (χ1) is 16.0. The molecule has 7 nitrogen and oxygen atoms in total. The van der Waals surface area contributed by atoms with E-state index in [4.69, 9.17) is 21.1 Å². The van der Waals surface area contributed by atoms with Gasteiger partial charge in [-0.25, -0.2) is 0 Å². The fourth-order valence-corrected chi connectivity index (χ4v) is 5.83.